The van der Waals surface area contributed by atoms with Crippen LogP contribution in [0.25, 0.3) is 0 Å². The van der Waals surface area contributed by atoms with Crippen molar-refractivity contribution < 1.29 is 18.3 Å². The summed E-state index contributed by atoms with van der Waals surface area (Å²) in [6.45, 7) is 0.495. The van der Waals surface area contributed by atoms with Crippen LogP contribution in [0.15, 0.2) is 82.0 Å². The Hall–Kier alpha value is -2.26. The molecular weight excluding hydrogens is 617 g/mol. The zero-order valence-electron chi connectivity index (χ0n) is 17.3. The highest BCUT2D eigenvalue weighted by molar-refractivity contribution is 9.10. The third-order valence-electron chi connectivity index (χ3n) is 4.14. The second-order valence-electron chi connectivity index (χ2n) is 6.67. The first-order valence-corrected chi connectivity index (χ1v) is 12.0. The number of pyridine rings is 2. The van der Waals surface area contributed by atoms with E-state index in [0.717, 1.165) is 11.1 Å². The predicted octanol–water partition coefficient (Wildman–Crippen LogP) is 8.43. The first-order chi connectivity index (χ1) is 16.3. The molecule has 2 heterocycles. The Morgan fingerprint density at radius 2 is 0.941 bits per heavy atom. The Morgan fingerprint density at radius 3 is 1.29 bits per heavy atom. The van der Waals surface area contributed by atoms with E-state index in [1.165, 1.54) is 24.3 Å². The molecule has 0 atom stereocenters. The van der Waals surface area contributed by atoms with E-state index < -0.39 is 11.6 Å². The van der Waals surface area contributed by atoms with Crippen LogP contribution in [-0.4, -0.2) is 9.97 Å². The topological polar surface area (TPSA) is 44.2 Å². The van der Waals surface area contributed by atoms with E-state index in [0.29, 0.717) is 19.3 Å². The van der Waals surface area contributed by atoms with E-state index in [1.807, 2.05) is 24.3 Å². The van der Waals surface area contributed by atoms with Crippen molar-refractivity contribution in [1.82, 2.24) is 9.97 Å². The van der Waals surface area contributed by atoms with Crippen molar-refractivity contribution in [2.45, 2.75) is 13.2 Å². The van der Waals surface area contributed by atoms with E-state index >= 15 is 0 Å². The number of rotatable bonds is 6. The van der Waals surface area contributed by atoms with Crippen molar-refractivity contribution in [3.63, 3.8) is 0 Å². The minimum absolute atomic E-state index is 0.0191. The predicted molar refractivity (Wildman–Crippen MR) is 135 cm³/mol. The molecule has 4 aromatic rings. The molecule has 0 amide bonds. The standard InChI is InChI=1S/2C12H8BrClFNO/c2*13-11-6-5-10(15)12(16-11)17-7-8-1-3-9(14)4-2-8/h2*1-6H,7H2. The van der Waals surface area contributed by atoms with Crippen molar-refractivity contribution in [1.29, 1.82) is 0 Å². The highest BCUT2D eigenvalue weighted by Gasteiger charge is 2.07. The maximum atomic E-state index is 13.3. The summed E-state index contributed by atoms with van der Waals surface area (Å²) in [5, 5.41) is 1.31. The SMILES string of the molecule is Fc1ccc(Br)nc1OCc1ccc(Cl)cc1.Fc1ccc(Br)nc1OCc1ccc(Cl)cc1. The molecule has 0 bridgehead atoms. The van der Waals surface area contributed by atoms with Gasteiger partial charge in [-0.25, -0.2) is 18.7 Å². The van der Waals surface area contributed by atoms with Crippen LogP contribution in [0, 0.1) is 11.6 Å². The number of nitrogens with zero attached hydrogens (tertiary/aromatic N) is 2. The summed E-state index contributed by atoms with van der Waals surface area (Å²) in [4.78, 5) is 7.80. The average molecular weight is 633 g/mol. The maximum absolute atomic E-state index is 13.3. The maximum Gasteiger partial charge on any atom is 0.251 e. The van der Waals surface area contributed by atoms with E-state index in [-0.39, 0.29) is 25.0 Å². The zero-order valence-corrected chi connectivity index (χ0v) is 22.0. The molecule has 2 aromatic carbocycles. The molecule has 176 valence electrons. The van der Waals surface area contributed by atoms with Gasteiger partial charge in [0.05, 0.1) is 0 Å². The van der Waals surface area contributed by atoms with Crippen molar-refractivity contribution in [2.24, 2.45) is 0 Å². The first kappa shape index (κ1) is 26.3. The van der Waals surface area contributed by atoms with Gasteiger partial charge < -0.3 is 9.47 Å². The molecule has 2 aromatic heterocycles. The highest BCUT2D eigenvalue weighted by atomic mass is 79.9. The number of hydrogen-bond donors (Lipinski definition) is 0. The molecule has 0 fully saturated rings. The zero-order chi connectivity index (χ0) is 24.5. The quantitative estimate of drug-likeness (QED) is 0.200. The largest absolute Gasteiger partial charge is 0.471 e. The Morgan fingerprint density at radius 1 is 0.588 bits per heavy atom. The van der Waals surface area contributed by atoms with Gasteiger partial charge >= 0.3 is 0 Å². The van der Waals surface area contributed by atoms with Crippen LogP contribution in [-0.2, 0) is 13.2 Å². The number of halogens is 6. The highest BCUT2D eigenvalue weighted by Crippen LogP contribution is 2.20. The van der Waals surface area contributed by atoms with Gasteiger partial charge in [-0.05, 0) is 91.5 Å². The van der Waals surface area contributed by atoms with Gasteiger partial charge in [-0.3, -0.25) is 0 Å². The van der Waals surface area contributed by atoms with Crippen LogP contribution in [0.1, 0.15) is 11.1 Å². The number of aromatic nitrogens is 2. The Bertz CT molecular complexity index is 1130. The molecular formula is C24H16Br2Cl2F2N2O2. The summed E-state index contributed by atoms with van der Waals surface area (Å²) in [7, 11) is 0. The van der Waals surface area contributed by atoms with E-state index in [4.69, 9.17) is 32.7 Å². The molecule has 0 saturated carbocycles. The van der Waals surface area contributed by atoms with Gasteiger partial charge in [-0.2, -0.15) is 0 Å². The molecule has 0 aliphatic heterocycles. The molecule has 10 heteroatoms. The molecule has 0 radical (unpaired) electrons. The molecule has 4 rings (SSSR count). The molecule has 0 spiro atoms. The fourth-order valence-corrected chi connectivity index (χ4v) is 3.31. The van der Waals surface area contributed by atoms with Crippen molar-refractivity contribution >= 4 is 55.1 Å². The second kappa shape index (κ2) is 13.0. The number of ether oxygens (including phenoxy) is 2. The lowest BCUT2D eigenvalue weighted by molar-refractivity contribution is 0.276. The third kappa shape index (κ3) is 8.51. The molecule has 0 unspecified atom stereocenters. The van der Waals surface area contributed by atoms with Gasteiger partial charge in [0.1, 0.15) is 22.4 Å². The van der Waals surface area contributed by atoms with Crippen molar-refractivity contribution in [2.75, 3.05) is 0 Å². The molecule has 0 aliphatic carbocycles. The van der Waals surface area contributed by atoms with Crippen molar-refractivity contribution in [3.8, 4) is 11.8 Å². The fourth-order valence-electron chi connectivity index (χ4n) is 2.47. The Balaban J connectivity index is 0.000000191. The lowest BCUT2D eigenvalue weighted by Crippen LogP contribution is -1.99. The fraction of sp³-hybridized carbons (Fsp3) is 0.0833. The van der Waals surface area contributed by atoms with Gasteiger partial charge in [-0.1, -0.05) is 47.5 Å². The van der Waals surface area contributed by atoms with Crippen LogP contribution >= 0.6 is 55.1 Å². The van der Waals surface area contributed by atoms with Crippen LogP contribution in [0.3, 0.4) is 0 Å². The summed E-state index contributed by atoms with van der Waals surface area (Å²) in [5.74, 6) is -1.01. The molecule has 4 nitrogen and oxygen atoms in total. The van der Waals surface area contributed by atoms with Gasteiger partial charge in [0, 0.05) is 10.0 Å². The minimum Gasteiger partial charge on any atom is -0.471 e. The summed E-state index contributed by atoms with van der Waals surface area (Å²) < 4.78 is 38.2. The van der Waals surface area contributed by atoms with Gasteiger partial charge in [0.2, 0.25) is 0 Å². The lowest BCUT2D eigenvalue weighted by atomic mass is 10.2. The lowest BCUT2D eigenvalue weighted by Gasteiger charge is -2.06. The molecule has 34 heavy (non-hydrogen) atoms. The molecule has 0 saturated heterocycles. The number of benzene rings is 2. The van der Waals surface area contributed by atoms with Gasteiger partial charge in [0.15, 0.2) is 11.6 Å². The normalized spacial score (nSPS) is 10.3. The van der Waals surface area contributed by atoms with Gasteiger partial charge in [0.25, 0.3) is 11.8 Å². The smallest absolute Gasteiger partial charge is 0.251 e. The Labute approximate surface area is 222 Å². The molecule has 0 aliphatic rings. The van der Waals surface area contributed by atoms with E-state index in [1.54, 1.807) is 24.3 Å². The van der Waals surface area contributed by atoms with Gasteiger partial charge in [-0.15, -0.1) is 0 Å². The molecule has 0 N–H and O–H groups in total. The second-order valence-corrected chi connectivity index (χ2v) is 9.17. The minimum atomic E-state index is -0.484. The third-order valence-corrected chi connectivity index (χ3v) is 5.52. The van der Waals surface area contributed by atoms with Crippen LogP contribution in [0.5, 0.6) is 11.8 Å². The number of hydrogen-bond acceptors (Lipinski definition) is 4. The van der Waals surface area contributed by atoms with Crippen LogP contribution < -0.4 is 9.47 Å². The summed E-state index contributed by atoms with van der Waals surface area (Å²) >= 11 is 17.8. The summed E-state index contributed by atoms with van der Waals surface area (Å²) in [6, 6.07) is 19.9. The van der Waals surface area contributed by atoms with E-state index in [9.17, 15) is 8.78 Å². The summed E-state index contributed by atoms with van der Waals surface area (Å²) in [5.41, 5.74) is 1.80. The van der Waals surface area contributed by atoms with E-state index in [2.05, 4.69) is 41.8 Å². The Kier molecular flexibility index (Phi) is 10.1. The van der Waals surface area contributed by atoms with Crippen LogP contribution in [0.2, 0.25) is 10.0 Å². The first-order valence-electron chi connectivity index (χ1n) is 9.69. The van der Waals surface area contributed by atoms with Crippen molar-refractivity contribution in [3.05, 3.63) is 115 Å². The van der Waals surface area contributed by atoms with Crippen LogP contribution in [0.4, 0.5) is 8.78 Å². The monoisotopic (exact) mass is 630 g/mol. The average Bonchev–Trinajstić information content (AvgIpc) is 2.83. The summed E-state index contributed by atoms with van der Waals surface area (Å²) in [6.07, 6.45) is 0.